The molecule has 1 fully saturated rings. The first-order valence-corrected chi connectivity index (χ1v) is 6.36. The molecule has 0 atom stereocenters. The Morgan fingerprint density at radius 1 is 1.06 bits per heavy atom. The van der Waals surface area contributed by atoms with Crippen LogP contribution in [0.4, 0.5) is 0 Å². The molecule has 0 N–H and O–H groups in total. The summed E-state index contributed by atoms with van der Waals surface area (Å²) in [4.78, 5) is 0. The minimum absolute atomic E-state index is 0.0606. The topological polar surface area (TPSA) is 44.5 Å². The Morgan fingerprint density at radius 3 is 1.94 bits per heavy atom. The first-order valence-electron chi connectivity index (χ1n) is 6.36. The molecule has 0 saturated carbocycles. The van der Waals surface area contributed by atoms with Crippen molar-refractivity contribution in [2.75, 3.05) is 0 Å². The van der Waals surface area contributed by atoms with Crippen molar-refractivity contribution in [3.05, 3.63) is 11.8 Å². The number of rotatable bonds is 1. The van der Waals surface area contributed by atoms with Crippen LogP contribution in [-0.4, -0.2) is 23.5 Å². The third kappa shape index (κ3) is 2.21. The number of hydrogen-bond acceptors (Lipinski definition) is 4. The van der Waals surface area contributed by atoms with E-state index < -0.39 is 7.12 Å². The molecule has 0 bridgehead atoms. The van der Waals surface area contributed by atoms with E-state index in [-0.39, 0.29) is 16.6 Å². The molecule has 100 valence electrons. The second-order valence-electron chi connectivity index (χ2n) is 6.95. The van der Waals surface area contributed by atoms with Gasteiger partial charge in [-0.05, 0) is 27.7 Å². The van der Waals surface area contributed by atoms with Crippen LogP contribution in [0.5, 0.6) is 0 Å². The van der Waals surface area contributed by atoms with Gasteiger partial charge in [0, 0.05) is 11.5 Å². The molecule has 0 aromatic carbocycles. The molecule has 18 heavy (non-hydrogen) atoms. The zero-order chi connectivity index (χ0) is 13.8. The van der Waals surface area contributed by atoms with E-state index in [4.69, 9.17) is 13.8 Å². The van der Waals surface area contributed by atoms with Crippen molar-refractivity contribution in [1.29, 1.82) is 0 Å². The fraction of sp³-hybridized carbons (Fsp3) is 0.769. The summed E-state index contributed by atoms with van der Waals surface area (Å²) in [6, 6.07) is 1.92. The Hall–Kier alpha value is -0.805. The second kappa shape index (κ2) is 3.84. The molecular weight excluding hydrogens is 229 g/mol. The predicted molar refractivity (Wildman–Crippen MR) is 70.9 cm³/mol. The van der Waals surface area contributed by atoms with Gasteiger partial charge >= 0.3 is 7.12 Å². The standard InChI is InChI=1S/C13H22BNO3/c1-11(2,3)9-8-10(15-16-9)14-17-12(4,5)13(6,7)18-14/h8H,1-7H3. The molecule has 2 heterocycles. The molecule has 1 aromatic heterocycles. The summed E-state index contributed by atoms with van der Waals surface area (Å²) in [6.45, 7) is 14.4. The molecule has 0 radical (unpaired) electrons. The number of nitrogens with zero attached hydrogens (tertiary/aromatic N) is 1. The smallest absolute Gasteiger partial charge is 0.398 e. The zero-order valence-electron chi connectivity index (χ0n) is 12.3. The first kappa shape index (κ1) is 13.6. The van der Waals surface area contributed by atoms with Gasteiger partial charge in [0.05, 0.1) is 11.2 Å². The highest BCUT2D eigenvalue weighted by atomic mass is 16.7. The molecule has 0 amide bonds. The van der Waals surface area contributed by atoms with Crippen LogP contribution >= 0.6 is 0 Å². The van der Waals surface area contributed by atoms with E-state index in [2.05, 4.69) is 25.9 Å². The average Bonchev–Trinajstić information content (AvgIpc) is 2.69. The SMILES string of the molecule is CC(C)(C)c1cc(B2OC(C)(C)C(C)(C)O2)no1. The van der Waals surface area contributed by atoms with E-state index >= 15 is 0 Å². The van der Waals surface area contributed by atoms with Crippen molar-refractivity contribution in [1.82, 2.24) is 5.16 Å². The van der Waals surface area contributed by atoms with Gasteiger partial charge in [-0.15, -0.1) is 0 Å². The van der Waals surface area contributed by atoms with Gasteiger partial charge < -0.3 is 13.8 Å². The molecular formula is C13H22BNO3. The van der Waals surface area contributed by atoms with Gasteiger partial charge in [0.15, 0.2) is 0 Å². The van der Waals surface area contributed by atoms with Crippen molar-refractivity contribution in [2.24, 2.45) is 0 Å². The van der Waals surface area contributed by atoms with Crippen molar-refractivity contribution >= 4 is 12.7 Å². The van der Waals surface area contributed by atoms with Crippen LogP contribution in [0.15, 0.2) is 10.6 Å². The maximum absolute atomic E-state index is 5.93. The molecule has 0 aliphatic carbocycles. The molecule has 1 saturated heterocycles. The highest BCUT2D eigenvalue weighted by Gasteiger charge is 2.53. The molecule has 1 aliphatic rings. The van der Waals surface area contributed by atoms with E-state index in [1.54, 1.807) is 0 Å². The maximum atomic E-state index is 5.93. The Bertz CT molecular complexity index is 429. The fourth-order valence-corrected chi connectivity index (χ4v) is 1.72. The van der Waals surface area contributed by atoms with Gasteiger partial charge in [-0.3, -0.25) is 0 Å². The van der Waals surface area contributed by atoms with Gasteiger partial charge in [0.2, 0.25) is 0 Å². The van der Waals surface area contributed by atoms with Crippen LogP contribution in [0, 0.1) is 0 Å². The molecule has 1 aliphatic heterocycles. The van der Waals surface area contributed by atoms with Gasteiger partial charge in [-0.2, -0.15) is 0 Å². The van der Waals surface area contributed by atoms with E-state index in [1.165, 1.54) is 0 Å². The van der Waals surface area contributed by atoms with Crippen LogP contribution in [0.2, 0.25) is 0 Å². The highest BCUT2D eigenvalue weighted by Crippen LogP contribution is 2.36. The summed E-state index contributed by atoms with van der Waals surface area (Å²) in [5, 5.41) is 4.07. The van der Waals surface area contributed by atoms with Crippen molar-refractivity contribution in [3.8, 4) is 0 Å². The lowest BCUT2D eigenvalue weighted by Gasteiger charge is -2.32. The molecule has 2 rings (SSSR count). The Kier molecular flexibility index (Phi) is 2.91. The van der Waals surface area contributed by atoms with Crippen LogP contribution in [0.1, 0.15) is 54.2 Å². The average molecular weight is 251 g/mol. The van der Waals surface area contributed by atoms with E-state index in [0.717, 1.165) is 5.76 Å². The fourth-order valence-electron chi connectivity index (χ4n) is 1.72. The largest absolute Gasteiger partial charge is 0.518 e. The highest BCUT2D eigenvalue weighted by molar-refractivity contribution is 6.61. The van der Waals surface area contributed by atoms with Crippen molar-refractivity contribution < 1.29 is 13.8 Å². The zero-order valence-corrected chi connectivity index (χ0v) is 12.3. The van der Waals surface area contributed by atoms with Crippen LogP contribution < -0.4 is 5.59 Å². The summed E-state index contributed by atoms with van der Waals surface area (Å²) in [7, 11) is -0.449. The van der Waals surface area contributed by atoms with Crippen LogP contribution in [0.3, 0.4) is 0 Å². The third-order valence-corrected chi connectivity index (χ3v) is 3.76. The normalized spacial score (nSPS) is 22.5. The van der Waals surface area contributed by atoms with Gasteiger partial charge in [-0.1, -0.05) is 25.9 Å². The van der Waals surface area contributed by atoms with Gasteiger partial charge in [-0.25, -0.2) is 0 Å². The first-order chi connectivity index (χ1) is 8.03. The van der Waals surface area contributed by atoms with Crippen LogP contribution in [-0.2, 0) is 14.7 Å². The number of aromatic nitrogens is 1. The maximum Gasteiger partial charge on any atom is 0.518 e. The lowest BCUT2D eigenvalue weighted by Crippen LogP contribution is -2.41. The van der Waals surface area contributed by atoms with Gasteiger partial charge in [0.1, 0.15) is 11.4 Å². The van der Waals surface area contributed by atoms with E-state index in [1.807, 2.05) is 33.8 Å². The minimum Gasteiger partial charge on any atom is -0.398 e. The monoisotopic (exact) mass is 251 g/mol. The minimum atomic E-state index is -0.449. The molecule has 0 unspecified atom stereocenters. The summed E-state index contributed by atoms with van der Waals surface area (Å²) in [5.41, 5.74) is -0.0510. The summed E-state index contributed by atoms with van der Waals surface area (Å²) >= 11 is 0. The van der Waals surface area contributed by atoms with Crippen molar-refractivity contribution in [3.63, 3.8) is 0 Å². The lowest BCUT2D eigenvalue weighted by molar-refractivity contribution is 0.00578. The second-order valence-corrected chi connectivity index (χ2v) is 6.95. The molecule has 1 aromatic rings. The summed E-state index contributed by atoms with van der Waals surface area (Å²) < 4.78 is 17.2. The van der Waals surface area contributed by atoms with E-state index in [9.17, 15) is 0 Å². The molecule has 0 spiro atoms. The lowest BCUT2D eigenvalue weighted by atomic mass is 9.83. The quantitative estimate of drug-likeness (QED) is 0.718. The number of hydrogen-bond donors (Lipinski definition) is 0. The van der Waals surface area contributed by atoms with E-state index in [0.29, 0.717) is 5.59 Å². The third-order valence-electron chi connectivity index (χ3n) is 3.76. The Morgan fingerprint density at radius 2 is 1.56 bits per heavy atom. The van der Waals surface area contributed by atoms with Crippen molar-refractivity contribution in [2.45, 2.75) is 65.1 Å². The van der Waals surface area contributed by atoms with Crippen LogP contribution in [0.25, 0.3) is 0 Å². The Labute approximate surface area is 109 Å². The molecule has 5 heteroatoms. The Balaban J connectivity index is 2.23. The predicted octanol–water partition coefficient (Wildman–Crippen LogP) is 2.27. The van der Waals surface area contributed by atoms with Gasteiger partial charge in [0.25, 0.3) is 0 Å². The summed E-state index contributed by atoms with van der Waals surface area (Å²) in [5.74, 6) is 0.840. The summed E-state index contributed by atoms with van der Waals surface area (Å²) in [6.07, 6.45) is 0. The molecule has 4 nitrogen and oxygen atoms in total.